The second-order valence-corrected chi connectivity index (χ2v) is 8.27. The summed E-state index contributed by atoms with van der Waals surface area (Å²) in [5.74, 6) is 0.754. The third-order valence-corrected chi connectivity index (χ3v) is 6.16. The summed E-state index contributed by atoms with van der Waals surface area (Å²) in [6.45, 7) is 0. The van der Waals surface area contributed by atoms with E-state index in [4.69, 9.17) is 28.6 Å². The highest BCUT2D eigenvalue weighted by Crippen LogP contribution is 2.44. The third-order valence-electron chi connectivity index (χ3n) is 5.61. The summed E-state index contributed by atoms with van der Waals surface area (Å²) in [6.07, 6.45) is 3.84. The second kappa shape index (κ2) is 8.65. The van der Waals surface area contributed by atoms with Crippen molar-refractivity contribution in [1.82, 2.24) is 14.9 Å². The van der Waals surface area contributed by atoms with E-state index >= 15 is 0 Å². The molecule has 0 unspecified atom stereocenters. The number of aromatic nitrogens is 2. The van der Waals surface area contributed by atoms with Gasteiger partial charge in [-0.2, -0.15) is 0 Å². The van der Waals surface area contributed by atoms with Gasteiger partial charge in [-0.1, -0.05) is 35.9 Å². The van der Waals surface area contributed by atoms with Gasteiger partial charge in [0.05, 0.1) is 24.5 Å². The van der Waals surface area contributed by atoms with Crippen LogP contribution in [0.25, 0.3) is 5.69 Å². The molecule has 0 bridgehead atoms. The van der Waals surface area contributed by atoms with E-state index in [-0.39, 0.29) is 12.1 Å². The first-order valence-electron chi connectivity index (χ1n) is 10.2. The van der Waals surface area contributed by atoms with Crippen LogP contribution < -0.4 is 15.0 Å². The fourth-order valence-electron chi connectivity index (χ4n) is 4.24. The van der Waals surface area contributed by atoms with Crippen molar-refractivity contribution in [3.05, 3.63) is 108 Å². The van der Waals surface area contributed by atoms with Crippen LogP contribution >= 0.6 is 23.8 Å². The highest BCUT2D eigenvalue weighted by molar-refractivity contribution is 7.80. The molecule has 1 aliphatic heterocycles. The number of hydrogen-bond acceptors (Lipinski definition) is 3. The maximum Gasteiger partial charge on any atom is 0.174 e. The zero-order valence-electron chi connectivity index (χ0n) is 17.4. The molecule has 4 aromatic rings. The number of anilines is 1. The number of methoxy groups -OCH3 is 1. The predicted octanol–water partition coefficient (Wildman–Crippen LogP) is 5.71. The number of nitrogens with one attached hydrogen (secondary N) is 1. The van der Waals surface area contributed by atoms with Crippen molar-refractivity contribution in [3.8, 4) is 11.4 Å². The first kappa shape index (κ1) is 20.5. The maximum atomic E-state index is 6.30. The Morgan fingerprint density at radius 1 is 1.00 bits per heavy atom. The Hall–Kier alpha value is -3.35. The average Bonchev–Trinajstić information content (AvgIpc) is 3.44. The quantitative estimate of drug-likeness (QED) is 0.386. The molecule has 5 nitrogen and oxygen atoms in total. The van der Waals surface area contributed by atoms with Crippen molar-refractivity contribution < 1.29 is 4.74 Å². The Morgan fingerprint density at radius 3 is 2.62 bits per heavy atom. The molecular formula is C25H21ClN4OS. The van der Waals surface area contributed by atoms with Gasteiger partial charge in [-0.25, -0.2) is 0 Å². The molecule has 1 N–H and O–H groups in total. The van der Waals surface area contributed by atoms with Gasteiger partial charge < -0.3 is 19.5 Å². The van der Waals surface area contributed by atoms with Crippen LogP contribution in [0.15, 0.2) is 91.3 Å². The first-order chi connectivity index (χ1) is 15.7. The second-order valence-electron chi connectivity index (χ2n) is 7.45. The lowest BCUT2D eigenvalue weighted by molar-refractivity contribution is 0.414. The molecule has 2 aromatic heterocycles. The van der Waals surface area contributed by atoms with E-state index in [0.29, 0.717) is 10.1 Å². The number of rotatable bonds is 5. The zero-order chi connectivity index (χ0) is 22.1. The summed E-state index contributed by atoms with van der Waals surface area (Å²) >= 11 is 12.1. The number of benzene rings is 2. The Kier molecular flexibility index (Phi) is 5.55. The lowest BCUT2D eigenvalue weighted by Gasteiger charge is -2.30. The van der Waals surface area contributed by atoms with E-state index in [0.717, 1.165) is 28.5 Å². The molecule has 5 rings (SSSR count). The summed E-state index contributed by atoms with van der Waals surface area (Å²) in [7, 11) is 1.67. The van der Waals surface area contributed by atoms with Crippen LogP contribution in [-0.4, -0.2) is 21.8 Å². The van der Waals surface area contributed by atoms with Crippen LogP contribution in [0, 0.1) is 0 Å². The van der Waals surface area contributed by atoms with Crippen LogP contribution in [-0.2, 0) is 0 Å². The minimum Gasteiger partial charge on any atom is -0.495 e. The smallest absolute Gasteiger partial charge is 0.174 e. The van der Waals surface area contributed by atoms with Gasteiger partial charge in [0, 0.05) is 28.8 Å². The molecule has 0 aliphatic carbocycles. The van der Waals surface area contributed by atoms with Gasteiger partial charge in [-0.05, 0) is 66.8 Å². The minimum atomic E-state index is -0.164. The lowest BCUT2D eigenvalue weighted by Crippen LogP contribution is -2.30. The van der Waals surface area contributed by atoms with E-state index in [1.54, 1.807) is 13.3 Å². The molecule has 32 heavy (non-hydrogen) atoms. The fraction of sp³-hybridized carbons (Fsp3) is 0.120. The number of para-hydroxylation sites is 2. The molecule has 0 spiro atoms. The Labute approximate surface area is 197 Å². The summed E-state index contributed by atoms with van der Waals surface area (Å²) in [5, 5.41) is 4.80. The van der Waals surface area contributed by atoms with Gasteiger partial charge in [0.15, 0.2) is 5.11 Å². The molecule has 2 aromatic carbocycles. The SMILES string of the molecule is COc1ccccc1N1C(=S)N[C@H](c2ccccn2)[C@H]1c1cccn1-c1cccc(Cl)c1. The average molecular weight is 461 g/mol. The van der Waals surface area contributed by atoms with Gasteiger partial charge in [0.25, 0.3) is 0 Å². The van der Waals surface area contributed by atoms with Crippen molar-refractivity contribution in [1.29, 1.82) is 0 Å². The molecule has 1 aliphatic rings. The molecule has 0 saturated carbocycles. The number of ether oxygens (including phenoxy) is 1. The largest absolute Gasteiger partial charge is 0.495 e. The van der Waals surface area contributed by atoms with Crippen LogP contribution in [0.2, 0.25) is 5.02 Å². The van der Waals surface area contributed by atoms with E-state index in [1.807, 2.05) is 79.0 Å². The molecule has 3 heterocycles. The van der Waals surface area contributed by atoms with Crippen LogP contribution in [0.3, 0.4) is 0 Å². The minimum absolute atomic E-state index is 0.151. The van der Waals surface area contributed by atoms with E-state index in [2.05, 4.69) is 25.8 Å². The summed E-state index contributed by atoms with van der Waals surface area (Å²) < 4.78 is 7.82. The molecule has 160 valence electrons. The molecule has 1 fully saturated rings. The van der Waals surface area contributed by atoms with Gasteiger partial charge in [-0.3, -0.25) is 4.98 Å². The highest BCUT2D eigenvalue weighted by Gasteiger charge is 2.43. The maximum absolute atomic E-state index is 6.30. The van der Waals surface area contributed by atoms with Crippen LogP contribution in [0.1, 0.15) is 23.5 Å². The zero-order valence-corrected chi connectivity index (χ0v) is 18.9. The molecule has 1 saturated heterocycles. The van der Waals surface area contributed by atoms with Gasteiger partial charge in [0.2, 0.25) is 0 Å². The Bertz CT molecular complexity index is 1260. The molecular weight excluding hydrogens is 440 g/mol. The third kappa shape index (κ3) is 3.61. The summed E-state index contributed by atoms with van der Waals surface area (Å²) in [5.41, 5.74) is 3.85. The van der Waals surface area contributed by atoms with Crippen LogP contribution in [0.4, 0.5) is 5.69 Å². The summed E-state index contributed by atoms with van der Waals surface area (Å²) in [4.78, 5) is 6.75. The highest BCUT2D eigenvalue weighted by atomic mass is 35.5. The number of nitrogens with zero attached hydrogens (tertiary/aromatic N) is 3. The molecule has 0 radical (unpaired) electrons. The Balaban J connectivity index is 1.70. The first-order valence-corrected chi connectivity index (χ1v) is 11.0. The fourth-order valence-corrected chi connectivity index (χ4v) is 4.76. The monoisotopic (exact) mass is 460 g/mol. The van der Waals surface area contributed by atoms with Crippen molar-refractivity contribution in [2.75, 3.05) is 12.0 Å². The van der Waals surface area contributed by atoms with Crippen LogP contribution in [0.5, 0.6) is 5.75 Å². The number of halogens is 1. The van der Waals surface area contributed by atoms with E-state index in [1.165, 1.54) is 0 Å². The van der Waals surface area contributed by atoms with Crippen molar-refractivity contribution in [3.63, 3.8) is 0 Å². The normalized spacial score (nSPS) is 17.9. The van der Waals surface area contributed by atoms with Crippen molar-refractivity contribution in [2.24, 2.45) is 0 Å². The number of thiocarbonyl (C=S) groups is 1. The Morgan fingerprint density at radius 2 is 1.84 bits per heavy atom. The van der Waals surface area contributed by atoms with Gasteiger partial charge in [0.1, 0.15) is 11.8 Å². The number of pyridine rings is 1. The predicted molar refractivity (Wildman–Crippen MR) is 132 cm³/mol. The topological polar surface area (TPSA) is 42.3 Å². The molecule has 0 amide bonds. The van der Waals surface area contributed by atoms with Gasteiger partial charge >= 0.3 is 0 Å². The van der Waals surface area contributed by atoms with E-state index < -0.39 is 0 Å². The molecule has 7 heteroatoms. The van der Waals surface area contributed by atoms with Crippen molar-refractivity contribution >= 4 is 34.6 Å². The lowest BCUT2D eigenvalue weighted by atomic mass is 10.0. The summed E-state index contributed by atoms with van der Waals surface area (Å²) in [6, 6.07) is 25.5. The standard InChI is InChI=1S/C25H21ClN4OS/c1-31-22-13-3-2-11-20(22)30-24(23(28-25(30)32)19-10-4-5-14-27-19)21-12-7-15-29(21)18-9-6-8-17(26)16-18/h2-16,23-24H,1H3,(H,28,32)/t23-,24-/m1/s1. The number of hydrogen-bond donors (Lipinski definition) is 1. The van der Waals surface area contributed by atoms with Gasteiger partial charge in [-0.15, -0.1) is 0 Å². The van der Waals surface area contributed by atoms with Crippen molar-refractivity contribution in [2.45, 2.75) is 12.1 Å². The van der Waals surface area contributed by atoms with E-state index in [9.17, 15) is 0 Å². The molecule has 2 atom stereocenters.